The van der Waals surface area contributed by atoms with Gasteiger partial charge in [-0.25, -0.2) is 9.78 Å². The van der Waals surface area contributed by atoms with Crippen molar-refractivity contribution in [2.45, 2.75) is 6.54 Å². The lowest BCUT2D eigenvalue weighted by atomic mass is 10.2. The number of rotatable bonds is 4. The van der Waals surface area contributed by atoms with Gasteiger partial charge in [-0.15, -0.1) is 0 Å². The standard InChI is InChI=1S/C14H15N5O3/c1-18-12(10(6-15)13(20)19(2)14(18)21)17-8-9-4-5-11(22-3)16-7-9/h4-5,7,17H,8H2,1-3H3. The number of nitrogens with one attached hydrogen (secondary N) is 1. The number of nitriles is 1. The molecule has 8 heteroatoms. The first-order valence-corrected chi connectivity index (χ1v) is 6.42. The Balaban J connectivity index is 2.35. The third kappa shape index (κ3) is 2.69. The van der Waals surface area contributed by atoms with E-state index in [9.17, 15) is 9.59 Å². The molecule has 2 heterocycles. The topological polar surface area (TPSA) is 102 Å². The van der Waals surface area contributed by atoms with Gasteiger partial charge in [0.05, 0.1) is 7.11 Å². The minimum Gasteiger partial charge on any atom is -0.481 e. The second-order valence-electron chi connectivity index (χ2n) is 4.60. The summed E-state index contributed by atoms with van der Waals surface area (Å²) >= 11 is 0. The molecule has 0 amide bonds. The van der Waals surface area contributed by atoms with Crippen molar-refractivity contribution in [3.05, 3.63) is 50.3 Å². The van der Waals surface area contributed by atoms with Crippen LogP contribution in [-0.4, -0.2) is 21.2 Å². The zero-order chi connectivity index (χ0) is 16.3. The van der Waals surface area contributed by atoms with E-state index in [2.05, 4.69) is 10.3 Å². The molecule has 0 unspecified atom stereocenters. The fraction of sp³-hybridized carbons (Fsp3) is 0.286. The third-order valence-electron chi connectivity index (χ3n) is 3.24. The predicted octanol–water partition coefficient (Wildman–Crippen LogP) is -0.0286. The van der Waals surface area contributed by atoms with Gasteiger partial charge in [0.25, 0.3) is 5.56 Å². The van der Waals surface area contributed by atoms with E-state index in [4.69, 9.17) is 10.00 Å². The summed E-state index contributed by atoms with van der Waals surface area (Å²) < 4.78 is 7.10. The van der Waals surface area contributed by atoms with Crippen molar-refractivity contribution in [3.63, 3.8) is 0 Å². The molecule has 0 bridgehead atoms. The van der Waals surface area contributed by atoms with Gasteiger partial charge in [-0.3, -0.25) is 13.9 Å². The van der Waals surface area contributed by atoms with Crippen LogP contribution in [0, 0.1) is 11.3 Å². The lowest BCUT2D eigenvalue weighted by Crippen LogP contribution is -2.39. The summed E-state index contributed by atoms with van der Waals surface area (Å²) in [7, 11) is 4.36. The molecule has 0 atom stereocenters. The molecule has 0 aliphatic rings. The fourth-order valence-electron chi connectivity index (χ4n) is 1.97. The lowest BCUT2D eigenvalue weighted by Gasteiger charge is -2.13. The number of hydrogen-bond acceptors (Lipinski definition) is 6. The molecule has 0 radical (unpaired) electrons. The molecular formula is C14H15N5O3. The van der Waals surface area contributed by atoms with Gasteiger partial charge in [-0.2, -0.15) is 5.26 Å². The molecule has 22 heavy (non-hydrogen) atoms. The Labute approximate surface area is 126 Å². The van der Waals surface area contributed by atoms with Crippen LogP contribution < -0.4 is 21.3 Å². The van der Waals surface area contributed by atoms with Gasteiger partial charge >= 0.3 is 5.69 Å². The SMILES string of the molecule is COc1ccc(CNc2c(C#N)c(=O)n(C)c(=O)n2C)cn1. The molecule has 0 spiro atoms. The van der Waals surface area contributed by atoms with Crippen LogP contribution >= 0.6 is 0 Å². The molecule has 0 saturated heterocycles. The Morgan fingerprint density at radius 3 is 2.59 bits per heavy atom. The number of nitrogens with zero attached hydrogens (tertiary/aromatic N) is 4. The van der Waals surface area contributed by atoms with Gasteiger partial charge in [0, 0.05) is 32.9 Å². The van der Waals surface area contributed by atoms with Crippen LogP contribution in [-0.2, 0) is 20.6 Å². The molecule has 2 rings (SSSR count). The lowest BCUT2D eigenvalue weighted by molar-refractivity contribution is 0.397. The fourth-order valence-corrected chi connectivity index (χ4v) is 1.97. The highest BCUT2D eigenvalue weighted by molar-refractivity contribution is 5.51. The Morgan fingerprint density at radius 2 is 2.05 bits per heavy atom. The molecule has 0 aliphatic carbocycles. The molecule has 8 nitrogen and oxygen atoms in total. The third-order valence-corrected chi connectivity index (χ3v) is 3.24. The van der Waals surface area contributed by atoms with Crippen molar-refractivity contribution in [1.82, 2.24) is 14.1 Å². The number of anilines is 1. The molecule has 0 saturated carbocycles. The Kier molecular flexibility index (Phi) is 4.27. The molecule has 0 fully saturated rings. The molecule has 1 N–H and O–H groups in total. The van der Waals surface area contributed by atoms with Crippen LogP contribution in [0.4, 0.5) is 5.82 Å². The molecule has 0 aromatic carbocycles. The Hall–Kier alpha value is -3.08. The normalized spacial score (nSPS) is 10.1. The van der Waals surface area contributed by atoms with E-state index in [1.807, 2.05) is 6.07 Å². The number of pyridine rings is 1. The smallest absolute Gasteiger partial charge is 0.332 e. The van der Waals surface area contributed by atoms with E-state index >= 15 is 0 Å². The average molecular weight is 301 g/mol. The molecular weight excluding hydrogens is 286 g/mol. The highest BCUT2D eigenvalue weighted by Gasteiger charge is 2.14. The van der Waals surface area contributed by atoms with Gasteiger partial charge in [0.1, 0.15) is 11.9 Å². The van der Waals surface area contributed by atoms with Crippen LogP contribution in [0.15, 0.2) is 27.9 Å². The number of hydrogen-bond donors (Lipinski definition) is 1. The van der Waals surface area contributed by atoms with Crippen molar-refractivity contribution < 1.29 is 4.74 Å². The molecule has 0 aliphatic heterocycles. The second kappa shape index (κ2) is 6.13. The highest BCUT2D eigenvalue weighted by atomic mass is 16.5. The first kappa shape index (κ1) is 15.3. The summed E-state index contributed by atoms with van der Waals surface area (Å²) in [6, 6.07) is 5.33. The van der Waals surface area contributed by atoms with Gasteiger partial charge in [-0.1, -0.05) is 6.07 Å². The number of methoxy groups -OCH3 is 1. The van der Waals surface area contributed by atoms with Crippen molar-refractivity contribution in [2.75, 3.05) is 12.4 Å². The largest absolute Gasteiger partial charge is 0.481 e. The van der Waals surface area contributed by atoms with E-state index in [-0.39, 0.29) is 11.4 Å². The maximum atomic E-state index is 11.9. The monoisotopic (exact) mass is 301 g/mol. The summed E-state index contributed by atoms with van der Waals surface area (Å²) in [5.74, 6) is 0.675. The Bertz CT molecular complexity index is 843. The van der Waals surface area contributed by atoms with Gasteiger partial charge < -0.3 is 10.1 Å². The van der Waals surface area contributed by atoms with E-state index in [1.165, 1.54) is 25.8 Å². The minimum atomic E-state index is -0.624. The average Bonchev–Trinajstić information content (AvgIpc) is 2.55. The zero-order valence-corrected chi connectivity index (χ0v) is 12.5. The molecule has 2 aromatic heterocycles. The number of aromatic nitrogens is 3. The number of ether oxygens (including phenoxy) is 1. The van der Waals surface area contributed by atoms with Crippen LogP contribution in [0.1, 0.15) is 11.1 Å². The summed E-state index contributed by atoms with van der Waals surface area (Å²) in [5, 5.41) is 12.1. The van der Waals surface area contributed by atoms with Crippen LogP contribution in [0.5, 0.6) is 5.88 Å². The van der Waals surface area contributed by atoms with E-state index in [0.29, 0.717) is 12.4 Å². The molecule has 114 valence electrons. The maximum Gasteiger partial charge on any atom is 0.332 e. The van der Waals surface area contributed by atoms with Gasteiger partial charge in [-0.05, 0) is 5.56 Å². The van der Waals surface area contributed by atoms with Gasteiger partial charge in [0.2, 0.25) is 5.88 Å². The van der Waals surface area contributed by atoms with E-state index < -0.39 is 11.2 Å². The molecule has 2 aromatic rings. The summed E-state index contributed by atoms with van der Waals surface area (Å²) in [6.07, 6.45) is 1.61. The predicted molar refractivity (Wildman–Crippen MR) is 79.8 cm³/mol. The minimum absolute atomic E-state index is 0.105. The van der Waals surface area contributed by atoms with E-state index in [0.717, 1.165) is 10.1 Å². The highest BCUT2D eigenvalue weighted by Crippen LogP contribution is 2.11. The van der Waals surface area contributed by atoms with Crippen LogP contribution in [0.25, 0.3) is 0 Å². The maximum absolute atomic E-state index is 11.9. The summed E-state index contributed by atoms with van der Waals surface area (Å²) in [5.41, 5.74) is -0.413. The van der Waals surface area contributed by atoms with Crippen molar-refractivity contribution in [1.29, 1.82) is 5.26 Å². The van der Waals surface area contributed by atoms with Crippen molar-refractivity contribution >= 4 is 5.82 Å². The summed E-state index contributed by atoms with van der Waals surface area (Å²) in [4.78, 5) is 27.9. The first-order chi connectivity index (χ1) is 10.5. The van der Waals surface area contributed by atoms with E-state index in [1.54, 1.807) is 18.3 Å². The first-order valence-electron chi connectivity index (χ1n) is 6.42. The second-order valence-corrected chi connectivity index (χ2v) is 4.60. The zero-order valence-electron chi connectivity index (χ0n) is 12.5. The van der Waals surface area contributed by atoms with Crippen LogP contribution in [0.2, 0.25) is 0 Å². The van der Waals surface area contributed by atoms with Gasteiger partial charge in [0.15, 0.2) is 5.56 Å². The van der Waals surface area contributed by atoms with Crippen LogP contribution in [0.3, 0.4) is 0 Å². The van der Waals surface area contributed by atoms with Crippen molar-refractivity contribution in [3.8, 4) is 11.9 Å². The summed E-state index contributed by atoms with van der Waals surface area (Å²) in [6.45, 7) is 0.312. The quantitative estimate of drug-likeness (QED) is 0.851. The Morgan fingerprint density at radius 1 is 1.32 bits per heavy atom. The van der Waals surface area contributed by atoms with Crippen molar-refractivity contribution in [2.24, 2.45) is 14.1 Å².